The van der Waals surface area contributed by atoms with Crippen LogP contribution in [0, 0.1) is 5.41 Å². The van der Waals surface area contributed by atoms with Crippen molar-refractivity contribution in [3.63, 3.8) is 0 Å². The number of nitrogens with one attached hydrogen (secondary N) is 1. The van der Waals surface area contributed by atoms with Gasteiger partial charge in [0.05, 0.1) is 11.8 Å². The fourth-order valence-corrected chi connectivity index (χ4v) is 4.66. The fraction of sp³-hybridized carbons (Fsp3) is 0.750. The van der Waals surface area contributed by atoms with Crippen molar-refractivity contribution in [2.45, 2.75) is 88.9 Å². The second-order valence-corrected chi connectivity index (χ2v) is 8.38. The summed E-state index contributed by atoms with van der Waals surface area (Å²) in [6, 6.07) is 0.236. The number of carbonyl (C=O) groups excluding carboxylic acids is 1. The molecule has 146 valence electrons. The molecule has 0 bridgehead atoms. The number of amides is 1. The van der Waals surface area contributed by atoms with Crippen LogP contribution in [0.3, 0.4) is 0 Å². The molecule has 1 spiro atoms. The van der Waals surface area contributed by atoms with Crippen molar-refractivity contribution >= 4 is 5.91 Å². The van der Waals surface area contributed by atoms with Gasteiger partial charge in [-0.3, -0.25) is 4.79 Å². The first-order valence-electron chi connectivity index (χ1n) is 10.0. The summed E-state index contributed by atoms with van der Waals surface area (Å²) in [5.41, 5.74) is 12.3. The monoisotopic (exact) mass is 363 g/mol. The van der Waals surface area contributed by atoms with E-state index >= 15 is 0 Å². The van der Waals surface area contributed by atoms with Gasteiger partial charge in [-0.1, -0.05) is 19.3 Å². The zero-order valence-corrected chi connectivity index (χ0v) is 15.6. The molecular weight excluding hydrogens is 330 g/mol. The van der Waals surface area contributed by atoms with Gasteiger partial charge in [0.2, 0.25) is 0 Å². The lowest BCUT2D eigenvalue weighted by Crippen LogP contribution is -2.44. The molecule has 3 aliphatic carbocycles. The second kappa shape index (κ2) is 8.33. The van der Waals surface area contributed by atoms with Gasteiger partial charge in [-0.05, 0) is 68.9 Å². The van der Waals surface area contributed by atoms with Crippen molar-refractivity contribution in [3.05, 3.63) is 23.7 Å². The zero-order chi connectivity index (χ0) is 18.6. The van der Waals surface area contributed by atoms with Crippen molar-refractivity contribution < 1.29 is 14.6 Å². The smallest absolute Gasteiger partial charge is 0.267 e. The third-order valence-electron chi connectivity index (χ3n) is 6.26. The summed E-state index contributed by atoms with van der Waals surface area (Å²) in [7, 11) is 0. The van der Waals surface area contributed by atoms with Crippen molar-refractivity contribution in [1.29, 1.82) is 0 Å². The van der Waals surface area contributed by atoms with Gasteiger partial charge in [0.1, 0.15) is 6.10 Å². The molecule has 1 amide bonds. The molecule has 0 unspecified atom stereocenters. The van der Waals surface area contributed by atoms with Crippen LogP contribution in [-0.2, 0) is 9.53 Å². The van der Waals surface area contributed by atoms with E-state index in [1.165, 1.54) is 12.5 Å². The number of ether oxygens (including phenoxy) is 1. The molecule has 0 saturated heterocycles. The van der Waals surface area contributed by atoms with Crippen LogP contribution in [0.25, 0.3) is 0 Å². The van der Waals surface area contributed by atoms with Crippen molar-refractivity contribution in [1.82, 2.24) is 5.32 Å². The highest BCUT2D eigenvalue weighted by atomic mass is 16.5. The Labute approximate surface area is 156 Å². The number of aliphatic hydroxyl groups is 1. The van der Waals surface area contributed by atoms with Gasteiger partial charge in [0.15, 0.2) is 5.88 Å². The van der Waals surface area contributed by atoms with Gasteiger partial charge in [0, 0.05) is 6.04 Å². The molecule has 0 heterocycles. The summed E-state index contributed by atoms with van der Waals surface area (Å²) in [5.74, 6) is 0.0668. The summed E-state index contributed by atoms with van der Waals surface area (Å²) in [4.78, 5) is 12.1. The molecule has 26 heavy (non-hydrogen) atoms. The van der Waals surface area contributed by atoms with Gasteiger partial charge < -0.3 is 26.6 Å². The standard InChI is InChI=1S/C20H33N3O3/c21-17(19(25)23-14-4-2-1-3-5-14)6-7-18(22)26-16-8-10-20(11-9-16)12-15(24)13-20/h6-7,14-16,24H,1-5,8-13,21-22H2,(H,23,25)/b17-6-,18-7+. The lowest BCUT2D eigenvalue weighted by Gasteiger charge is -2.49. The third-order valence-corrected chi connectivity index (χ3v) is 6.26. The Morgan fingerprint density at radius 1 is 1.04 bits per heavy atom. The van der Waals surface area contributed by atoms with Crippen LogP contribution >= 0.6 is 0 Å². The molecule has 0 aromatic rings. The van der Waals surface area contributed by atoms with Crippen LogP contribution in [0.1, 0.15) is 70.6 Å². The highest BCUT2D eigenvalue weighted by Gasteiger charge is 2.45. The van der Waals surface area contributed by atoms with E-state index in [2.05, 4.69) is 5.32 Å². The van der Waals surface area contributed by atoms with Gasteiger partial charge in [-0.2, -0.15) is 0 Å². The first-order valence-corrected chi connectivity index (χ1v) is 10.0. The molecule has 0 aromatic carbocycles. The maximum absolute atomic E-state index is 12.1. The van der Waals surface area contributed by atoms with Gasteiger partial charge >= 0.3 is 0 Å². The van der Waals surface area contributed by atoms with Crippen molar-refractivity contribution in [3.8, 4) is 0 Å². The Kier molecular flexibility index (Phi) is 6.12. The minimum absolute atomic E-state index is 0.106. The lowest BCUT2D eigenvalue weighted by atomic mass is 9.59. The van der Waals surface area contributed by atoms with E-state index in [1.807, 2.05) is 0 Å². The molecule has 3 saturated carbocycles. The topological polar surface area (TPSA) is 111 Å². The summed E-state index contributed by atoms with van der Waals surface area (Å²) >= 11 is 0. The van der Waals surface area contributed by atoms with E-state index in [9.17, 15) is 9.90 Å². The summed E-state index contributed by atoms with van der Waals surface area (Å²) in [6.07, 6.45) is 14.7. The van der Waals surface area contributed by atoms with E-state index < -0.39 is 0 Å². The molecule has 0 aromatic heterocycles. The third kappa shape index (κ3) is 4.93. The summed E-state index contributed by atoms with van der Waals surface area (Å²) in [5, 5.41) is 12.5. The molecule has 6 nitrogen and oxygen atoms in total. The average molecular weight is 364 g/mol. The minimum atomic E-state index is -0.232. The van der Waals surface area contributed by atoms with E-state index in [1.54, 1.807) is 6.08 Å². The number of rotatable bonds is 5. The zero-order valence-electron chi connectivity index (χ0n) is 15.6. The maximum Gasteiger partial charge on any atom is 0.267 e. The Hall–Kier alpha value is -1.69. The second-order valence-electron chi connectivity index (χ2n) is 8.38. The molecular formula is C20H33N3O3. The van der Waals surface area contributed by atoms with Gasteiger partial charge in [-0.15, -0.1) is 0 Å². The Bertz CT molecular complexity index is 551. The normalized spacial score (nSPS) is 33.6. The number of hydrogen-bond donors (Lipinski definition) is 4. The first kappa shape index (κ1) is 19.1. The number of hydrogen-bond acceptors (Lipinski definition) is 5. The van der Waals surface area contributed by atoms with Crippen LogP contribution in [0.4, 0.5) is 0 Å². The molecule has 3 rings (SSSR count). The van der Waals surface area contributed by atoms with Gasteiger partial charge in [-0.25, -0.2) is 0 Å². The van der Waals surface area contributed by atoms with Crippen LogP contribution in [0.5, 0.6) is 0 Å². The Morgan fingerprint density at radius 2 is 1.69 bits per heavy atom. The minimum Gasteiger partial charge on any atom is -0.476 e. The van der Waals surface area contributed by atoms with E-state index in [-0.39, 0.29) is 29.9 Å². The fourth-order valence-electron chi connectivity index (χ4n) is 4.66. The predicted molar refractivity (Wildman–Crippen MR) is 101 cm³/mol. The first-order chi connectivity index (χ1) is 12.5. The van der Waals surface area contributed by atoms with E-state index in [4.69, 9.17) is 16.2 Å². The summed E-state index contributed by atoms with van der Waals surface area (Å²) < 4.78 is 5.80. The van der Waals surface area contributed by atoms with Crippen LogP contribution in [0.2, 0.25) is 0 Å². The lowest BCUT2D eigenvalue weighted by molar-refractivity contribution is -0.118. The summed E-state index contributed by atoms with van der Waals surface area (Å²) in [6.45, 7) is 0. The number of carbonyl (C=O) groups is 1. The van der Waals surface area contributed by atoms with Crippen LogP contribution in [-0.4, -0.2) is 29.3 Å². The molecule has 3 fully saturated rings. The molecule has 3 aliphatic rings. The van der Waals surface area contributed by atoms with Crippen molar-refractivity contribution in [2.75, 3.05) is 0 Å². The van der Waals surface area contributed by atoms with Crippen LogP contribution < -0.4 is 16.8 Å². The maximum atomic E-state index is 12.1. The average Bonchev–Trinajstić information content (AvgIpc) is 2.61. The van der Waals surface area contributed by atoms with Gasteiger partial charge in [0.25, 0.3) is 5.91 Å². The highest BCUT2D eigenvalue weighted by molar-refractivity contribution is 5.92. The van der Waals surface area contributed by atoms with E-state index in [0.29, 0.717) is 11.3 Å². The van der Waals surface area contributed by atoms with E-state index in [0.717, 1.165) is 64.2 Å². The number of aliphatic hydroxyl groups excluding tert-OH is 1. The molecule has 6 heteroatoms. The van der Waals surface area contributed by atoms with Crippen molar-refractivity contribution in [2.24, 2.45) is 16.9 Å². The highest BCUT2D eigenvalue weighted by Crippen LogP contribution is 2.52. The quantitative estimate of drug-likeness (QED) is 0.340. The molecule has 0 aliphatic heterocycles. The number of nitrogens with two attached hydrogens (primary N) is 2. The Morgan fingerprint density at radius 3 is 2.31 bits per heavy atom. The SMILES string of the molecule is N/C(=C\C=C(/N)OC1CCC2(CC1)CC(O)C2)C(=O)NC1CCCCC1. The molecule has 0 radical (unpaired) electrons. The number of allylic oxidation sites excluding steroid dienone is 2. The molecule has 6 N–H and O–H groups in total. The largest absolute Gasteiger partial charge is 0.476 e. The Balaban J connectivity index is 1.42. The van der Waals surface area contributed by atoms with Crippen LogP contribution in [0.15, 0.2) is 23.7 Å². The molecule has 0 atom stereocenters. The predicted octanol–water partition coefficient (Wildman–Crippen LogP) is 2.18.